The molecule has 0 aliphatic carbocycles. The Balaban J connectivity index is 1.45. The van der Waals surface area contributed by atoms with Gasteiger partial charge in [-0.2, -0.15) is 0 Å². The van der Waals surface area contributed by atoms with Crippen LogP contribution in [-0.4, -0.2) is 45.0 Å². The predicted octanol–water partition coefficient (Wildman–Crippen LogP) is 2.58. The monoisotopic (exact) mass is 345 g/mol. The number of aliphatic hydroxyl groups excluding tert-OH is 1. The van der Waals surface area contributed by atoms with Gasteiger partial charge in [0.25, 0.3) is 0 Å². The lowest BCUT2D eigenvalue weighted by molar-refractivity contribution is 0.0503. The quantitative estimate of drug-likeness (QED) is 0.818. The molecule has 1 unspecified atom stereocenters. The second-order valence-electron chi connectivity index (χ2n) is 6.70. The van der Waals surface area contributed by atoms with Gasteiger partial charge in [0, 0.05) is 38.0 Å². The molecular formula is C19H24FN3O2. The fraction of sp³-hybridized carbons (Fsp3) is 0.474. The fourth-order valence-corrected chi connectivity index (χ4v) is 3.41. The van der Waals surface area contributed by atoms with E-state index in [4.69, 9.17) is 0 Å². The van der Waals surface area contributed by atoms with Crippen molar-refractivity contribution in [2.24, 2.45) is 13.0 Å². The molecule has 1 aliphatic heterocycles. The van der Waals surface area contributed by atoms with E-state index in [1.807, 2.05) is 17.8 Å². The zero-order valence-electron chi connectivity index (χ0n) is 14.4. The molecule has 0 spiro atoms. The smallest absolute Gasteiger partial charge is 0.164 e. The lowest BCUT2D eigenvalue weighted by Gasteiger charge is -2.33. The van der Waals surface area contributed by atoms with Gasteiger partial charge >= 0.3 is 0 Å². The van der Waals surface area contributed by atoms with Crippen molar-refractivity contribution in [3.63, 3.8) is 0 Å². The van der Waals surface area contributed by atoms with Crippen LogP contribution >= 0.6 is 0 Å². The third kappa shape index (κ3) is 4.32. The first-order chi connectivity index (χ1) is 12.0. The van der Waals surface area contributed by atoms with Crippen LogP contribution in [0.4, 0.5) is 4.39 Å². The Morgan fingerprint density at radius 3 is 2.60 bits per heavy atom. The standard InChI is InChI=1S/C19H24FN3O2/c1-22-13-9-21-19(22)18(25)15-6-10-23(11-7-15)12-8-17(24)14-2-4-16(20)5-3-14/h2-5,9,13,15,18,25H,6-8,10-12H2,1H3. The number of carbonyl (C=O) groups excluding carboxylic acids is 1. The summed E-state index contributed by atoms with van der Waals surface area (Å²) in [6, 6.07) is 5.70. The average Bonchev–Trinajstić information content (AvgIpc) is 3.06. The number of imidazole rings is 1. The van der Waals surface area contributed by atoms with Crippen LogP contribution in [0.2, 0.25) is 0 Å². The van der Waals surface area contributed by atoms with Crippen LogP contribution in [0.5, 0.6) is 0 Å². The van der Waals surface area contributed by atoms with Gasteiger partial charge in [0.1, 0.15) is 17.7 Å². The second kappa shape index (κ2) is 7.89. The number of likely N-dealkylation sites (tertiary alicyclic amines) is 1. The highest BCUT2D eigenvalue weighted by Crippen LogP contribution is 2.29. The van der Waals surface area contributed by atoms with Crippen molar-refractivity contribution in [2.45, 2.75) is 25.4 Å². The zero-order valence-corrected chi connectivity index (χ0v) is 14.4. The molecule has 1 aromatic heterocycles. The van der Waals surface area contributed by atoms with Crippen LogP contribution < -0.4 is 0 Å². The minimum atomic E-state index is -0.539. The molecule has 25 heavy (non-hydrogen) atoms. The SMILES string of the molecule is Cn1ccnc1C(O)C1CCN(CCC(=O)c2ccc(F)cc2)CC1. The molecule has 1 atom stereocenters. The number of piperidine rings is 1. The number of nitrogens with zero attached hydrogens (tertiary/aromatic N) is 3. The van der Waals surface area contributed by atoms with E-state index in [9.17, 15) is 14.3 Å². The lowest BCUT2D eigenvalue weighted by Crippen LogP contribution is -2.37. The molecule has 3 rings (SSSR count). The zero-order chi connectivity index (χ0) is 17.8. The highest BCUT2D eigenvalue weighted by atomic mass is 19.1. The Hall–Kier alpha value is -2.05. The third-order valence-corrected chi connectivity index (χ3v) is 5.02. The van der Waals surface area contributed by atoms with Crippen molar-refractivity contribution in [1.82, 2.24) is 14.5 Å². The minimum absolute atomic E-state index is 0.0372. The summed E-state index contributed by atoms with van der Waals surface area (Å²) in [5.41, 5.74) is 0.557. The molecule has 0 radical (unpaired) electrons. The molecule has 1 N–H and O–H groups in total. The minimum Gasteiger partial charge on any atom is -0.385 e. The topological polar surface area (TPSA) is 58.4 Å². The summed E-state index contributed by atoms with van der Waals surface area (Å²) in [6.07, 6.45) is 5.21. The van der Waals surface area contributed by atoms with Crippen LogP contribution in [0.15, 0.2) is 36.7 Å². The number of aryl methyl sites for hydroxylation is 1. The number of aliphatic hydroxyl groups is 1. The summed E-state index contributed by atoms with van der Waals surface area (Å²) in [6.45, 7) is 2.42. The van der Waals surface area contributed by atoms with Crippen molar-refractivity contribution in [2.75, 3.05) is 19.6 Å². The Morgan fingerprint density at radius 1 is 1.32 bits per heavy atom. The molecule has 6 heteroatoms. The third-order valence-electron chi connectivity index (χ3n) is 5.02. The van der Waals surface area contributed by atoms with E-state index in [1.165, 1.54) is 24.3 Å². The number of hydrogen-bond donors (Lipinski definition) is 1. The molecule has 1 saturated heterocycles. The van der Waals surface area contributed by atoms with Gasteiger partial charge in [-0.05, 0) is 56.1 Å². The van der Waals surface area contributed by atoms with Gasteiger partial charge in [-0.3, -0.25) is 4.79 Å². The molecule has 0 bridgehead atoms. The van der Waals surface area contributed by atoms with Crippen molar-refractivity contribution < 1.29 is 14.3 Å². The van der Waals surface area contributed by atoms with Crippen LogP contribution in [0.1, 0.15) is 41.5 Å². The van der Waals surface area contributed by atoms with Crippen LogP contribution in [0, 0.1) is 11.7 Å². The molecule has 2 heterocycles. The van der Waals surface area contributed by atoms with E-state index < -0.39 is 6.10 Å². The van der Waals surface area contributed by atoms with E-state index in [-0.39, 0.29) is 17.5 Å². The first kappa shape index (κ1) is 17.8. The molecule has 5 nitrogen and oxygen atoms in total. The first-order valence-electron chi connectivity index (χ1n) is 8.71. The fourth-order valence-electron chi connectivity index (χ4n) is 3.41. The second-order valence-corrected chi connectivity index (χ2v) is 6.70. The highest BCUT2D eigenvalue weighted by molar-refractivity contribution is 5.96. The van der Waals surface area contributed by atoms with E-state index >= 15 is 0 Å². The Labute approximate surface area is 147 Å². The maximum absolute atomic E-state index is 12.9. The molecule has 1 aromatic carbocycles. The molecule has 134 valence electrons. The van der Waals surface area contributed by atoms with E-state index in [0.717, 1.165) is 25.9 Å². The molecule has 2 aromatic rings. The summed E-state index contributed by atoms with van der Waals surface area (Å²) in [4.78, 5) is 18.7. The van der Waals surface area contributed by atoms with Crippen molar-refractivity contribution in [3.05, 3.63) is 53.9 Å². The summed E-state index contributed by atoms with van der Waals surface area (Å²) < 4.78 is 14.8. The largest absolute Gasteiger partial charge is 0.385 e. The Kier molecular flexibility index (Phi) is 5.60. The maximum Gasteiger partial charge on any atom is 0.164 e. The highest BCUT2D eigenvalue weighted by Gasteiger charge is 2.28. The molecule has 0 saturated carbocycles. The van der Waals surface area contributed by atoms with Gasteiger partial charge in [-0.25, -0.2) is 9.37 Å². The molecule has 0 amide bonds. The first-order valence-corrected chi connectivity index (χ1v) is 8.71. The number of halogens is 1. The Morgan fingerprint density at radius 2 is 2.00 bits per heavy atom. The van der Waals surface area contributed by atoms with E-state index in [1.54, 1.807) is 6.20 Å². The van der Waals surface area contributed by atoms with Gasteiger partial charge in [0.2, 0.25) is 0 Å². The number of carbonyl (C=O) groups is 1. The van der Waals surface area contributed by atoms with Gasteiger partial charge < -0.3 is 14.6 Å². The van der Waals surface area contributed by atoms with Crippen molar-refractivity contribution in [3.8, 4) is 0 Å². The van der Waals surface area contributed by atoms with Crippen LogP contribution in [0.25, 0.3) is 0 Å². The molecule has 1 aliphatic rings. The normalized spacial score (nSPS) is 17.6. The number of ketones is 1. The summed E-state index contributed by atoms with van der Waals surface area (Å²) in [7, 11) is 1.89. The van der Waals surface area contributed by atoms with Gasteiger partial charge in [0.15, 0.2) is 5.78 Å². The molecule has 1 fully saturated rings. The number of Topliss-reactive ketones (excluding diaryl/α,β-unsaturated/α-hetero) is 1. The van der Waals surface area contributed by atoms with Crippen LogP contribution in [-0.2, 0) is 7.05 Å². The number of aromatic nitrogens is 2. The van der Waals surface area contributed by atoms with Gasteiger partial charge in [-0.15, -0.1) is 0 Å². The van der Waals surface area contributed by atoms with E-state index in [2.05, 4.69) is 9.88 Å². The number of rotatable bonds is 6. The van der Waals surface area contributed by atoms with Crippen molar-refractivity contribution >= 4 is 5.78 Å². The van der Waals surface area contributed by atoms with Crippen LogP contribution in [0.3, 0.4) is 0 Å². The predicted molar refractivity (Wildman–Crippen MR) is 92.7 cm³/mol. The van der Waals surface area contributed by atoms with Gasteiger partial charge in [-0.1, -0.05) is 0 Å². The lowest BCUT2D eigenvalue weighted by atomic mass is 9.90. The Bertz CT molecular complexity index is 706. The maximum atomic E-state index is 12.9. The van der Waals surface area contributed by atoms with Gasteiger partial charge in [0.05, 0.1) is 0 Å². The number of hydrogen-bond acceptors (Lipinski definition) is 4. The number of benzene rings is 1. The summed E-state index contributed by atoms with van der Waals surface area (Å²) in [5, 5.41) is 10.5. The van der Waals surface area contributed by atoms with Crippen molar-refractivity contribution in [1.29, 1.82) is 0 Å². The summed E-state index contributed by atoms with van der Waals surface area (Å²) in [5.74, 6) is 0.621. The van der Waals surface area contributed by atoms with E-state index in [0.29, 0.717) is 24.4 Å². The average molecular weight is 345 g/mol. The molecular weight excluding hydrogens is 321 g/mol. The summed E-state index contributed by atoms with van der Waals surface area (Å²) >= 11 is 0.